The van der Waals surface area contributed by atoms with E-state index in [2.05, 4.69) is 0 Å². The molecule has 0 aromatic carbocycles. The number of hydrogen-bond acceptors (Lipinski definition) is 0. The standard InChI is InChI=1S/Ca.Cu.Fe.Mg.H2Se.Zn.4H/h;;;;1H2;;;;;. The van der Waals surface area contributed by atoms with Crippen LogP contribution in [0, 0.1) is 0 Å². The van der Waals surface area contributed by atoms with E-state index in [-0.39, 0.29) is 131 Å². The molecule has 0 aliphatic carbocycles. The van der Waals surface area contributed by atoms with Crippen molar-refractivity contribution < 1.29 is 53.6 Å². The molecule has 0 aromatic heterocycles. The van der Waals surface area contributed by atoms with Crippen LogP contribution in [0.4, 0.5) is 0 Å². The molecule has 0 spiro atoms. The molecule has 0 aromatic rings. The van der Waals surface area contributed by atoms with Crippen molar-refractivity contribution in [3.05, 3.63) is 0 Å². The van der Waals surface area contributed by atoms with Gasteiger partial charge in [0.2, 0.25) is 0 Å². The molecule has 0 fully saturated rings. The summed E-state index contributed by atoms with van der Waals surface area (Å²) in [6, 6.07) is 0. The van der Waals surface area contributed by atoms with Gasteiger partial charge in [-0.2, -0.15) is 0 Å². The summed E-state index contributed by atoms with van der Waals surface area (Å²) in [6.45, 7) is 0. The maximum atomic E-state index is 0. The summed E-state index contributed by atoms with van der Waals surface area (Å²) in [5, 5.41) is 0. The van der Waals surface area contributed by atoms with Crippen LogP contribution in [0.2, 0.25) is 0 Å². The average molecular weight is 334 g/mol. The smallest absolute Gasteiger partial charge is 0 e. The normalized spacial score (nSPS) is 0. The Morgan fingerprint density at radius 3 is 1.00 bits per heavy atom. The average Bonchev–Trinajstić information content (AvgIpc) is 0. The van der Waals surface area contributed by atoms with E-state index in [0.717, 1.165) is 0 Å². The van der Waals surface area contributed by atoms with Crippen molar-refractivity contribution in [3.8, 4) is 0 Å². The second-order valence-electron chi connectivity index (χ2n) is 0. The van der Waals surface area contributed by atoms with E-state index in [0.29, 0.717) is 0 Å². The van der Waals surface area contributed by atoms with Crippen LogP contribution in [0.25, 0.3) is 0 Å². The van der Waals surface area contributed by atoms with Gasteiger partial charge in [-0.25, -0.2) is 0 Å². The van der Waals surface area contributed by atoms with Gasteiger partial charge in [0.15, 0.2) is 0 Å². The summed E-state index contributed by atoms with van der Waals surface area (Å²) in [5.41, 5.74) is 0. The van der Waals surface area contributed by atoms with Crippen molar-refractivity contribution >= 4 is 77.9 Å². The molecule has 6 heavy (non-hydrogen) atoms. The largest absolute Gasteiger partial charge is 0 e. The minimum Gasteiger partial charge on any atom is 0 e. The molecule has 0 atom stereocenters. The molecule has 0 amide bonds. The Kier molecular flexibility index (Phi) is 285. The molecule has 0 heterocycles. The molecule has 1 radical (unpaired) electrons. The van der Waals surface area contributed by atoms with Crippen molar-refractivity contribution in [2.24, 2.45) is 0 Å². The molecule has 0 nitrogen and oxygen atoms in total. The van der Waals surface area contributed by atoms with Crippen molar-refractivity contribution in [2.75, 3.05) is 0 Å². The molecule has 0 aliphatic heterocycles. The quantitative estimate of drug-likeness (QED) is 0.421. The van der Waals surface area contributed by atoms with Crippen LogP contribution < -0.4 is 0 Å². The topological polar surface area (TPSA) is 0 Å². The van der Waals surface area contributed by atoms with Gasteiger partial charge in [-0.05, 0) is 0 Å². The second kappa shape index (κ2) is 35.0. The summed E-state index contributed by atoms with van der Waals surface area (Å²) in [4.78, 5) is 0. The maximum absolute atomic E-state index is 0. The van der Waals surface area contributed by atoms with E-state index < -0.39 is 0 Å². The van der Waals surface area contributed by atoms with E-state index >= 15 is 0 Å². The second-order valence-corrected chi connectivity index (χ2v) is 0. The molecular formula is H6CaCuFeMgSeZn. The number of hydrogen-bond donors (Lipinski definition) is 0. The molecular weight excluding hydrogens is 328 g/mol. The molecule has 6 heteroatoms. The van der Waals surface area contributed by atoms with Crippen LogP contribution in [0.3, 0.4) is 0 Å². The fourth-order valence-corrected chi connectivity index (χ4v) is 0. The Balaban J connectivity index is 0. The van der Waals surface area contributed by atoms with Crippen LogP contribution in [-0.4, -0.2) is 77.9 Å². The van der Waals surface area contributed by atoms with E-state index in [9.17, 15) is 0 Å². The molecule has 0 saturated carbocycles. The molecule has 0 N–H and O–H groups in total. The molecule has 0 aliphatic rings. The van der Waals surface area contributed by atoms with Crippen LogP contribution in [-0.2, 0) is 53.6 Å². The molecule has 0 bridgehead atoms. The predicted molar refractivity (Wildman–Crippen MR) is 25.6 cm³/mol. The van der Waals surface area contributed by atoms with Crippen LogP contribution in [0.15, 0.2) is 0 Å². The van der Waals surface area contributed by atoms with Crippen LogP contribution >= 0.6 is 0 Å². The van der Waals surface area contributed by atoms with Gasteiger partial charge in [0.05, 0.1) is 0 Å². The first kappa shape index (κ1) is 48.9. The minimum absolute atomic E-state index is 0. The van der Waals surface area contributed by atoms with Gasteiger partial charge in [-0.1, -0.05) is 0 Å². The SMILES string of the molecule is [CaH2].[Cu].[Fe].[MgH2].[SeH2].[Zn]. The Labute approximate surface area is 128 Å². The molecule has 0 saturated heterocycles. The van der Waals surface area contributed by atoms with Gasteiger partial charge in [0.25, 0.3) is 0 Å². The Morgan fingerprint density at radius 2 is 1.00 bits per heavy atom. The summed E-state index contributed by atoms with van der Waals surface area (Å²) >= 11 is 0. The predicted octanol–water partition coefficient (Wildman–Crippen LogP) is -2.76. The van der Waals surface area contributed by atoms with E-state index in [1.807, 2.05) is 0 Å². The fraction of sp³-hybridized carbons (Fsp3) is 0. The third-order valence-electron chi connectivity index (χ3n) is 0. The van der Waals surface area contributed by atoms with Gasteiger partial charge in [0.1, 0.15) is 0 Å². The van der Waals surface area contributed by atoms with Gasteiger partial charge < -0.3 is 0 Å². The zero-order chi connectivity index (χ0) is 0. The Hall–Kier alpha value is 4.21. The van der Waals surface area contributed by atoms with E-state index in [1.54, 1.807) is 0 Å². The summed E-state index contributed by atoms with van der Waals surface area (Å²) < 4.78 is 0. The first-order valence-electron chi connectivity index (χ1n) is 0. The zero-order valence-corrected chi connectivity index (χ0v) is 8.97. The molecule has 37 valence electrons. The molecule has 0 rings (SSSR count). The summed E-state index contributed by atoms with van der Waals surface area (Å²) in [7, 11) is 0. The third-order valence-corrected chi connectivity index (χ3v) is 0. The van der Waals surface area contributed by atoms with Gasteiger partial charge >= 0.3 is 77.9 Å². The third kappa shape index (κ3) is 24.1. The summed E-state index contributed by atoms with van der Waals surface area (Å²) in [5.74, 6) is 0. The van der Waals surface area contributed by atoms with E-state index in [1.165, 1.54) is 0 Å². The van der Waals surface area contributed by atoms with Gasteiger partial charge in [0, 0.05) is 53.6 Å². The monoisotopic (exact) mass is 333 g/mol. The zero-order valence-electron chi connectivity index (χ0n) is 1.86. The first-order valence-corrected chi connectivity index (χ1v) is 0. The van der Waals surface area contributed by atoms with E-state index in [4.69, 9.17) is 0 Å². The van der Waals surface area contributed by atoms with Crippen molar-refractivity contribution in [1.82, 2.24) is 0 Å². The van der Waals surface area contributed by atoms with Crippen LogP contribution in [0.5, 0.6) is 0 Å². The van der Waals surface area contributed by atoms with Gasteiger partial charge in [-0.15, -0.1) is 0 Å². The maximum Gasteiger partial charge on any atom is 0 e. The minimum atomic E-state index is 0. The number of rotatable bonds is 0. The first-order chi connectivity index (χ1) is 0. The Morgan fingerprint density at radius 1 is 1.00 bits per heavy atom. The fourth-order valence-electron chi connectivity index (χ4n) is 0. The Bertz CT molecular complexity index is 15.5. The van der Waals surface area contributed by atoms with Crippen molar-refractivity contribution in [3.63, 3.8) is 0 Å². The molecule has 0 unspecified atom stereocenters. The summed E-state index contributed by atoms with van der Waals surface area (Å²) in [6.07, 6.45) is 0. The van der Waals surface area contributed by atoms with Crippen molar-refractivity contribution in [1.29, 1.82) is 0 Å². The van der Waals surface area contributed by atoms with Gasteiger partial charge in [-0.3, -0.25) is 0 Å². The van der Waals surface area contributed by atoms with Crippen molar-refractivity contribution in [2.45, 2.75) is 0 Å². The van der Waals surface area contributed by atoms with Crippen LogP contribution in [0.1, 0.15) is 0 Å².